The molecule has 4 nitrogen and oxygen atoms in total. The summed E-state index contributed by atoms with van der Waals surface area (Å²) >= 11 is 1.67. The number of rotatable bonds is 6. The van der Waals surface area contributed by atoms with E-state index in [9.17, 15) is 0 Å². The fourth-order valence-electron chi connectivity index (χ4n) is 2.42. The predicted octanol–water partition coefficient (Wildman–Crippen LogP) is 3.38. The number of hydrogen-bond donors (Lipinski definition) is 1. The summed E-state index contributed by atoms with van der Waals surface area (Å²) in [7, 11) is 4.81. The number of ether oxygens (including phenoxy) is 3. The Labute approximate surface area is 129 Å². The van der Waals surface area contributed by atoms with Gasteiger partial charge in [0.25, 0.3) is 0 Å². The van der Waals surface area contributed by atoms with Gasteiger partial charge in [0.1, 0.15) is 0 Å². The van der Waals surface area contributed by atoms with E-state index in [1.165, 1.54) is 5.56 Å². The topological polar surface area (TPSA) is 53.7 Å². The maximum Gasteiger partial charge on any atom is 0.203 e. The molecule has 1 heterocycles. The molecule has 1 aromatic heterocycles. The van der Waals surface area contributed by atoms with E-state index < -0.39 is 0 Å². The van der Waals surface area contributed by atoms with Crippen molar-refractivity contribution in [3.8, 4) is 17.2 Å². The second kappa shape index (κ2) is 6.83. The summed E-state index contributed by atoms with van der Waals surface area (Å²) in [6, 6.07) is 5.67. The van der Waals surface area contributed by atoms with Gasteiger partial charge in [-0.15, -0.1) is 11.3 Å². The highest BCUT2D eigenvalue weighted by molar-refractivity contribution is 7.10. The van der Waals surface area contributed by atoms with Crippen molar-refractivity contribution in [2.24, 2.45) is 5.73 Å². The monoisotopic (exact) mass is 307 g/mol. The number of aryl methyl sites for hydroxylation is 1. The summed E-state index contributed by atoms with van der Waals surface area (Å²) in [5.74, 6) is 1.83. The molecule has 0 saturated heterocycles. The minimum atomic E-state index is -0.241. The first kappa shape index (κ1) is 15.7. The Morgan fingerprint density at radius 2 is 1.76 bits per heavy atom. The molecule has 5 heteroatoms. The summed E-state index contributed by atoms with van der Waals surface area (Å²) in [6.07, 6.45) is 0.960. The van der Waals surface area contributed by atoms with E-state index in [-0.39, 0.29) is 6.04 Å². The Balaban J connectivity index is 2.53. The van der Waals surface area contributed by atoms with Crippen molar-refractivity contribution in [1.82, 2.24) is 0 Å². The van der Waals surface area contributed by atoms with Crippen molar-refractivity contribution in [2.45, 2.75) is 19.4 Å². The van der Waals surface area contributed by atoms with Crippen molar-refractivity contribution >= 4 is 11.3 Å². The van der Waals surface area contributed by atoms with E-state index in [0.29, 0.717) is 17.2 Å². The average molecular weight is 307 g/mol. The van der Waals surface area contributed by atoms with E-state index in [0.717, 1.165) is 16.9 Å². The van der Waals surface area contributed by atoms with Gasteiger partial charge in [0.05, 0.1) is 27.4 Å². The highest BCUT2D eigenvalue weighted by atomic mass is 32.1. The van der Waals surface area contributed by atoms with Gasteiger partial charge in [0, 0.05) is 10.4 Å². The second-order valence-corrected chi connectivity index (χ2v) is 5.51. The summed E-state index contributed by atoms with van der Waals surface area (Å²) in [5, 5.41) is 2.07. The Morgan fingerprint density at radius 3 is 2.33 bits per heavy atom. The molecule has 2 N–H and O–H groups in total. The first-order valence-corrected chi connectivity index (χ1v) is 7.66. The lowest BCUT2D eigenvalue weighted by Gasteiger charge is -2.20. The highest BCUT2D eigenvalue weighted by Gasteiger charge is 2.23. The van der Waals surface area contributed by atoms with Crippen LogP contribution >= 0.6 is 11.3 Å². The van der Waals surface area contributed by atoms with Crippen LogP contribution in [0.4, 0.5) is 0 Å². The van der Waals surface area contributed by atoms with E-state index >= 15 is 0 Å². The average Bonchev–Trinajstić information content (AvgIpc) is 3.00. The molecular weight excluding hydrogens is 286 g/mol. The second-order valence-electron chi connectivity index (χ2n) is 4.56. The normalized spacial score (nSPS) is 12.0. The zero-order valence-corrected chi connectivity index (χ0v) is 13.6. The van der Waals surface area contributed by atoms with Crippen LogP contribution < -0.4 is 19.9 Å². The van der Waals surface area contributed by atoms with Crippen LogP contribution in [0.2, 0.25) is 0 Å². The van der Waals surface area contributed by atoms with E-state index in [1.807, 2.05) is 12.1 Å². The van der Waals surface area contributed by atoms with Crippen LogP contribution in [0.3, 0.4) is 0 Å². The summed E-state index contributed by atoms with van der Waals surface area (Å²) in [6.45, 7) is 2.13. The number of hydrogen-bond acceptors (Lipinski definition) is 5. The molecule has 2 rings (SSSR count). The van der Waals surface area contributed by atoms with Gasteiger partial charge in [-0.05, 0) is 35.6 Å². The third-order valence-corrected chi connectivity index (χ3v) is 4.56. The predicted molar refractivity (Wildman–Crippen MR) is 85.8 cm³/mol. The van der Waals surface area contributed by atoms with E-state index in [1.54, 1.807) is 32.7 Å². The van der Waals surface area contributed by atoms with Gasteiger partial charge in [0.15, 0.2) is 11.5 Å². The molecule has 0 saturated carbocycles. The minimum Gasteiger partial charge on any atom is -0.493 e. The molecule has 0 fully saturated rings. The first-order chi connectivity index (χ1) is 10.2. The molecule has 0 aliphatic rings. The molecule has 1 unspecified atom stereocenters. The third-order valence-electron chi connectivity index (χ3n) is 3.51. The third kappa shape index (κ3) is 2.84. The molecule has 0 aliphatic carbocycles. The van der Waals surface area contributed by atoms with Crippen LogP contribution in [0, 0.1) is 0 Å². The van der Waals surface area contributed by atoms with Crippen LogP contribution in [0.5, 0.6) is 17.2 Å². The largest absolute Gasteiger partial charge is 0.493 e. The van der Waals surface area contributed by atoms with Crippen molar-refractivity contribution in [2.75, 3.05) is 21.3 Å². The quantitative estimate of drug-likeness (QED) is 0.889. The molecule has 114 valence electrons. The first-order valence-electron chi connectivity index (χ1n) is 6.78. The molecule has 0 bridgehead atoms. The van der Waals surface area contributed by atoms with Crippen molar-refractivity contribution in [3.63, 3.8) is 0 Å². The number of methoxy groups -OCH3 is 3. The van der Waals surface area contributed by atoms with Crippen molar-refractivity contribution in [3.05, 3.63) is 39.6 Å². The molecular formula is C16H21NO3S. The van der Waals surface area contributed by atoms with Crippen molar-refractivity contribution in [1.29, 1.82) is 0 Å². The number of benzene rings is 1. The minimum absolute atomic E-state index is 0.241. The van der Waals surface area contributed by atoms with Gasteiger partial charge in [-0.3, -0.25) is 0 Å². The zero-order valence-electron chi connectivity index (χ0n) is 12.8. The van der Waals surface area contributed by atoms with Crippen LogP contribution in [-0.2, 0) is 6.42 Å². The molecule has 1 atom stereocenters. The highest BCUT2D eigenvalue weighted by Crippen LogP contribution is 2.43. The lowest BCUT2D eigenvalue weighted by atomic mass is 10.0. The molecule has 0 amide bonds. The van der Waals surface area contributed by atoms with Crippen LogP contribution in [0.15, 0.2) is 23.6 Å². The summed E-state index contributed by atoms with van der Waals surface area (Å²) < 4.78 is 16.2. The van der Waals surface area contributed by atoms with Crippen LogP contribution in [0.25, 0.3) is 0 Å². The Kier molecular flexibility index (Phi) is 5.09. The number of thiophene rings is 1. The van der Waals surface area contributed by atoms with Gasteiger partial charge >= 0.3 is 0 Å². The number of nitrogens with two attached hydrogens (primary N) is 1. The fraction of sp³-hybridized carbons (Fsp3) is 0.375. The standard InChI is InChI=1S/C16H21NO3S/c1-5-10-8-9-21-16(10)13(17)11-6-7-12(18-2)15(20-4)14(11)19-3/h6-9,13H,5,17H2,1-4H3. The van der Waals surface area contributed by atoms with Gasteiger partial charge in [0.2, 0.25) is 5.75 Å². The molecule has 2 aromatic rings. The molecule has 21 heavy (non-hydrogen) atoms. The molecule has 1 aromatic carbocycles. The van der Waals surface area contributed by atoms with Gasteiger partial charge in [-0.2, -0.15) is 0 Å². The smallest absolute Gasteiger partial charge is 0.203 e. The molecule has 0 radical (unpaired) electrons. The van der Waals surface area contributed by atoms with E-state index in [4.69, 9.17) is 19.9 Å². The van der Waals surface area contributed by atoms with E-state index in [2.05, 4.69) is 18.4 Å². The van der Waals surface area contributed by atoms with Gasteiger partial charge < -0.3 is 19.9 Å². The lowest BCUT2D eigenvalue weighted by molar-refractivity contribution is 0.321. The SMILES string of the molecule is CCc1ccsc1C(N)c1ccc(OC)c(OC)c1OC. The van der Waals surface area contributed by atoms with Crippen LogP contribution in [0.1, 0.15) is 29.0 Å². The Hall–Kier alpha value is -1.72. The van der Waals surface area contributed by atoms with Gasteiger partial charge in [-0.1, -0.05) is 6.92 Å². The zero-order chi connectivity index (χ0) is 15.4. The molecule has 0 spiro atoms. The molecule has 0 aliphatic heterocycles. The Morgan fingerprint density at radius 1 is 1.05 bits per heavy atom. The van der Waals surface area contributed by atoms with Crippen LogP contribution in [-0.4, -0.2) is 21.3 Å². The maximum atomic E-state index is 6.46. The summed E-state index contributed by atoms with van der Waals surface area (Å²) in [5.41, 5.74) is 8.63. The lowest BCUT2D eigenvalue weighted by Crippen LogP contribution is -2.14. The Bertz CT molecular complexity index is 610. The summed E-state index contributed by atoms with van der Waals surface area (Å²) in [4.78, 5) is 1.16. The maximum absolute atomic E-state index is 6.46. The van der Waals surface area contributed by atoms with Gasteiger partial charge in [-0.25, -0.2) is 0 Å². The fourth-order valence-corrected chi connectivity index (χ4v) is 3.44. The van der Waals surface area contributed by atoms with Crippen molar-refractivity contribution < 1.29 is 14.2 Å².